The molecule has 0 spiro atoms. The van der Waals surface area contributed by atoms with Gasteiger partial charge in [-0.15, -0.1) is 0 Å². The first-order valence-electron chi connectivity index (χ1n) is 6.16. The lowest BCUT2D eigenvalue weighted by molar-refractivity contribution is 0.0696. The molecule has 0 heterocycles. The van der Waals surface area contributed by atoms with E-state index in [9.17, 15) is 9.59 Å². The van der Waals surface area contributed by atoms with E-state index in [2.05, 4.69) is 5.32 Å². The van der Waals surface area contributed by atoms with Gasteiger partial charge in [-0.3, -0.25) is 4.79 Å². The van der Waals surface area contributed by atoms with Gasteiger partial charge in [0.25, 0.3) is 5.91 Å². The van der Waals surface area contributed by atoms with Crippen molar-refractivity contribution in [1.29, 1.82) is 5.26 Å². The minimum atomic E-state index is -1.02. The quantitative estimate of drug-likeness (QED) is 0.904. The van der Waals surface area contributed by atoms with E-state index in [0.717, 1.165) is 0 Å². The van der Waals surface area contributed by atoms with Crippen LogP contribution in [0.2, 0.25) is 0 Å². The Bertz CT molecular complexity index is 760. The van der Waals surface area contributed by atoms with Crippen LogP contribution in [-0.2, 0) is 0 Å². The van der Waals surface area contributed by atoms with Crippen LogP contribution in [0, 0.1) is 18.3 Å². The highest BCUT2D eigenvalue weighted by atomic mass is 16.4. The molecule has 0 bridgehead atoms. The highest BCUT2D eigenvalue weighted by molar-refractivity contribution is 6.05. The zero-order chi connectivity index (χ0) is 15.4. The third-order valence-corrected chi connectivity index (χ3v) is 2.98. The van der Waals surface area contributed by atoms with Gasteiger partial charge in [0.15, 0.2) is 0 Å². The van der Waals surface area contributed by atoms with E-state index in [1.165, 1.54) is 18.2 Å². The van der Waals surface area contributed by atoms with E-state index in [0.29, 0.717) is 22.4 Å². The van der Waals surface area contributed by atoms with Crippen molar-refractivity contribution in [2.45, 2.75) is 6.92 Å². The Balaban J connectivity index is 2.23. The van der Waals surface area contributed by atoms with E-state index in [1.54, 1.807) is 31.2 Å². The van der Waals surface area contributed by atoms with E-state index in [-0.39, 0.29) is 11.5 Å². The maximum absolute atomic E-state index is 12.1. The van der Waals surface area contributed by atoms with Gasteiger partial charge in [-0.2, -0.15) is 5.26 Å². The first-order valence-corrected chi connectivity index (χ1v) is 6.16. The largest absolute Gasteiger partial charge is 0.478 e. The first-order chi connectivity index (χ1) is 10.0. The van der Waals surface area contributed by atoms with Crippen LogP contribution >= 0.6 is 0 Å². The molecule has 2 rings (SSSR count). The highest BCUT2D eigenvalue weighted by Crippen LogP contribution is 2.18. The summed E-state index contributed by atoms with van der Waals surface area (Å²) in [4.78, 5) is 23.0. The average molecular weight is 280 g/mol. The summed E-state index contributed by atoms with van der Waals surface area (Å²) in [5.41, 5.74) is 2.13. The number of carbonyl (C=O) groups is 2. The zero-order valence-electron chi connectivity index (χ0n) is 11.3. The van der Waals surface area contributed by atoms with E-state index in [4.69, 9.17) is 10.4 Å². The molecule has 2 N–H and O–H groups in total. The molecule has 0 saturated carbocycles. The second-order valence-corrected chi connectivity index (χ2v) is 4.48. The summed E-state index contributed by atoms with van der Waals surface area (Å²) < 4.78 is 0. The fourth-order valence-electron chi connectivity index (χ4n) is 1.86. The van der Waals surface area contributed by atoms with Crippen molar-refractivity contribution in [3.63, 3.8) is 0 Å². The van der Waals surface area contributed by atoms with Gasteiger partial charge in [0.1, 0.15) is 0 Å². The molecule has 0 aliphatic carbocycles. The number of nitriles is 1. The van der Waals surface area contributed by atoms with Crippen LogP contribution < -0.4 is 5.32 Å². The number of benzene rings is 2. The number of aromatic carboxylic acids is 1. The van der Waals surface area contributed by atoms with Crippen molar-refractivity contribution >= 4 is 17.6 Å². The van der Waals surface area contributed by atoms with Crippen LogP contribution in [0.1, 0.15) is 31.8 Å². The summed E-state index contributed by atoms with van der Waals surface area (Å²) in [6.07, 6.45) is 0. The van der Waals surface area contributed by atoms with Crippen molar-refractivity contribution in [2.75, 3.05) is 5.32 Å². The van der Waals surface area contributed by atoms with Gasteiger partial charge < -0.3 is 10.4 Å². The third kappa shape index (κ3) is 3.25. The molecule has 0 unspecified atom stereocenters. The normalized spacial score (nSPS) is 9.71. The molecule has 0 aromatic heterocycles. The number of nitrogens with zero attached hydrogens (tertiary/aromatic N) is 1. The van der Waals surface area contributed by atoms with Gasteiger partial charge in [-0.05, 0) is 48.9 Å². The fourth-order valence-corrected chi connectivity index (χ4v) is 1.86. The predicted molar refractivity (Wildman–Crippen MR) is 77.2 cm³/mol. The lowest BCUT2D eigenvalue weighted by Gasteiger charge is -2.09. The number of aryl methyl sites for hydroxylation is 1. The molecule has 0 aliphatic heterocycles. The van der Waals surface area contributed by atoms with E-state index in [1.807, 2.05) is 6.07 Å². The van der Waals surface area contributed by atoms with Crippen LogP contribution in [0.15, 0.2) is 42.5 Å². The lowest BCUT2D eigenvalue weighted by atomic mass is 10.1. The number of carboxylic acid groups (broad SMARTS) is 1. The Morgan fingerprint density at radius 3 is 2.52 bits per heavy atom. The minimum Gasteiger partial charge on any atom is -0.478 e. The number of rotatable bonds is 3. The molecular formula is C16H12N2O3. The standard InChI is InChI=1S/C16H12N2O3/c1-10-7-13(16(20)21)5-6-14(10)18-15(19)12-4-2-3-11(8-12)9-17/h2-8H,1H3,(H,18,19)(H,20,21). The molecule has 0 aliphatic rings. The number of hydrogen-bond donors (Lipinski definition) is 2. The molecule has 0 radical (unpaired) electrons. The monoisotopic (exact) mass is 280 g/mol. The van der Waals surface area contributed by atoms with Crippen LogP contribution in [-0.4, -0.2) is 17.0 Å². The van der Waals surface area contributed by atoms with Gasteiger partial charge in [0, 0.05) is 11.3 Å². The summed E-state index contributed by atoms with van der Waals surface area (Å²) in [7, 11) is 0. The summed E-state index contributed by atoms with van der Waals surface area (Å²) in [5.74, 6) is -1.36. The van der Waals surface area contributed by atoms with Crippen molar-refractivity contribution < 1.29 is 14.7 Å². The second-order valence-electron chi connectivity index (χ2n) is 4.48. The summed E-state index contributed by atoms with van der Waals surface area (Å²) in [5, 5.41) is 20.4. The van der Waals surface area contributed by atoms with Gasteiger partial charge in [0.05, 0.1) is 17.2 Å². The van der Waals surface area contributed by atoms with Gasteiger partial charge in [0.2, 0.25) is 0 Å². The number of nitrogens with one attached hydrogen (secondary N) is 1. The Kier molecular flexibility index (Phi) is 4.00. The van der Waals surface area contributed by atoms with Crippen LogP contribution in [0.5, 0.6) is 0 Å². The Hall–Kier alpha value is -3.13. The summed E-state index contributed by atoms with van der Waals surface area (Å²) >= 11 is 0. The van der Waals surface area contributed by atoms with Gasteiger partial charge in [-0.1, -0.05) is 6.07 Å². The molecule has 2 aromatic rings. The number of hydrogen-bond acceptors (Lipinski definition) is 3. The van der Waals surface area contributed by atoms with Crippen LogP contribution in [0.4, 0.5) is 5.69 Å². The third-order valence-electron chi connectivity index (χ3n) is 2.98. The molecule has 5 heteroatoms. The average Bonchev–Trinajstić information content (AvgIpc) is 2.49. The minimum absolute atomic E-state index is 0.164. The summed E-state index contributed by atoms with van der Waals surface area (Å²) in [6.45, 7) is 1.72. The molecule has 0 atom stereocenters. The molecule has 2 aromatic carbocycles. The van der Waals surface area contributed by atoms with Crippen molar-refractivity contribution in [3.8, 4) is 6.07 Å². The smallest absolute Gasteiger partial charge is 0.335 e. The number of anilines is 1. The maximum atomic E-state index is 12.1. The van der Waals surface area contributed by atoms with E-state index >= 15 is 0 Å². The lowest BCUT2D eigenvalue weighted by Crippen LogP contribution is -2.13. The number of amides is 1. The molecule has 104 valence electrons. The van der Waals surface area contributed by atoms with E-state index < -0.39 is 5.97 Å². The fraction of sp³-hybridized carbons (Fsp3) is 0.0625. The number of carbonyl (C=O) groups excluding carboxylic acids is 1. The molecule has 1 amide bonds. The SMILES string of the molecule is Cc1cc(C(=O)O)ccc1NC(=O)c1cccc(C#N)c1. The Labute approximate surface area is 121 Å². The molecule has 0 saturated heterocycles. The molecule has 21 heavy (non-hydrogen) atoms. The molecule has 5 nitrogen and oxygen atoms in total. The van der Waals surface area contributed by atoms with Gasteiger partial charge >= 0.3 is 5.97 Å². The molecular weight excluding hydrogens is 268 g/mol. The van der Waals surface area contributed by atoms with Gasteiger partial charge in [-0.25, -0.2) is 4.79 Å². The Morgan fingerprint density at radius 2 is 1.90 bits per heavy atom. The summed E-state index contributed by atoms with van der Waals surface area (Å²) in [6, 6.07) is 12.8. The zero-order valence-corrected chi connectivity index (χ0v) is 11.3. The Morgan fingerprint density at radius 1 is 1.14 bits per heavy atom. The first kappa shape index (κ1) is 14.3. The maximum Gasteiger partial charge on any atom is 0.335 e. The topological polar surface area (TPSA) is 90.2 Å². The van der Waals surface area contributed by atoms with Crippen LogP contribution in [0.3, 0.4) is 0 Å². The van der Waals surface area contributed by atoms with Crippen LogP contribution in [0.25, 0.3) is 0 Å². The van der Waals surface area contributed by atoms with Crippen molar-refractivity contribution in [1.82, 2.24) is 0 Å². The predicted octanol–water partition coefficient (Wildman–Crippen LogP) is 2.82. The number of carboxylic acids is 1. The molecule has 0 fully saturated rings. The van der Waals surface area contributed by atoms with Crippen molar-refractivity contribution in [3.05, 3.63) is 64.7 Å². The second kappa shape index (κ2) is 5.88. The van der Waals surface area contributed by atoms with Crippen molar-refractivity contribution in [2.24, 2.45) is 0 Å². The highest BCUT2D eigenvalue weighted by Gasteiger charge is 2.10.